The molecule has 0 spiro atoms. The maximum atomic E-state index is 13.6. The third kappa shape index (κ3) is 5.47. The number of rotatable bonds is 7. The van der Waals surface area contributed by atoms with Crippen molar-refractivity contribution in [2.45, 2.75) is 31.7 Å². The van der Waals surface area contributed by atoms with Crippen molar-refractivity contribution in [1.82, 2.24) is 19.8 Å². The number of halogens is 4. The molecule has 1 aromatic carbocycles. The Bertz CT molecular complexity index is 819. The molecule has 0 aliphatic carbocycles. The van der Waals surface area contributed by atoms with Gasteiger partial charge >= 0.3 is 6.18 Å². The van der Waals surface area contributed by atoms with E-state index >= 15 is 0 Å². The Labute approximate surface area is 166 Å². The maximum Gasteiger partial charge on any atom is 0.424 e. The predicted molar refractivity (Wildman–Crippen MR) is 102 cm³/mol. The Morgan fingerprint density at radius 2 is 1.93 bits per heavy atom. The molecule has 0 amide bonds. The van der Waals surface area contributed by atoms with E-state index in [1.165, 1.54) is 31.6 Å². The predicted octanol–water partition coefficient (Wildman–Crippen LogP) is 2.80. The fraction of sp³-hybridized carbons (Fsp3) is 0.474. The molecule has 1 heterocycles. The first kappa shape index (κ1) is 22.7. The average Bonchev–Trinajstić information content (AvgIpc) is 3.08. The first-order valence-corrected chi connectivity index (χ1v) is 9.09. The van der Waals surface area contributed by atoms with E-state index in [0.29, 0.717) is 19.0 Å². The van der Waals surface area contributed by atoms with Crippen LogP contribution >= 0.6 is 0 Å². The van der Waals surface area contributed by atoms with Crippen LogP contribution in [-0.4, -0.2) is 51.8 Å². The van der Waals surface area contributed by atoms with Crippen LogP contribution in [0.3, 0.4) is 0 Å². The first-order valence-electron chi connectivity index (χ1n) is 9.09. The van der Waals surface area contributed by atoms with Crippen LogP contribution in [0.4, 0.5) is 17.6 Å². The third-order valence-corrected chi connectivity index (χ3v) is 4.42. The first-order chi connectivity index (χ1) is 13.6. The molecule has 6 nitrogen and oxygen atoms in total. The summed E-state index contributed by atoms with van der Waals surface area (Å²) in [7, 11) is 3.11. The van der Waals surface area contributed by atoms with Crippen LogP contribution < -0.4 is 5.32 Å². The molecule has 2 N–H and O–H groups in total. The van der Waals surface area contributed by atoms with Gasteiger partial charge in [0.1, 0.15) is 11.6 Å². The van der Waals surface area contributed by atoms with Crippen molar-refractivity contribution in [3.63, 3.8) is 0 Å². The lowest BCUT2D eigenvalue weighted by molar-refractivity contribution is -0.272. The van der Waals surface area contributed by atoms with E-state index in [9.17, 15) is 22.7 Å². The van der Waals surface area contributed by atoms with Crippen molar-refractivity contribution in [3.8, 4) is 0 Å². The monoisotopic (exact) mass is 415 g/mol. The molecule has 0 aliphatic heterocycles. The number of hydrogen-bond acceptors (Lipinski definition) is 3. The molecular formula is C19H25F4N5O. The number of guanidine groups is 1. The second-order valence-electron chi connectivity index (χ2n) is 6.69. The molecule has 10 heteroatoms. The minimum absolute atomic E-state index is 0.279. The van der Waals surface area contributed by atoms with Gasteiger partial charge in [-0.1, -0.05) is 12.1 Å². The summed E-state index contributed by atoms with van der Waals surface area (Å²) in [5.74, 6) is -0.455. The lowest BCUT2D eigenvalue weighted by Crippen LogP contribution is -2.45. The van der Waals surface area contributed by atoms with Crippen molar-refractivity contribution >= 4 is 5.96 Å². The van der Waals surface area contributed by atoms with Crippen molar-refractivity contribution in [2.75, 3.05) is 20.1 Å². The van der Waals surface area contributed by atoms with E-state index in [2.05, 4.69) is 15.3 Å². The fourth-order valence-electron chi connectivity index (χ4n) is 2.88. The molecule has 0 saturated heterocycles. The SMILES string of the molecule is CCNC(=NCCC(O)(c1nccn1C)C(F)(F)F)N(C)Cc1ccc(F)cc1. The fourth-order valence-corrected chi connectivity index (χ4v) is 2.88. The van der Waals surface area contributed by atoms with E-state index in [4.69, 9.17) is 0 Å². The summed E-state index contributed by atoms with van der Waals surface area (Å²) in [6.45, 7) is 2.45. The summed E-state index contributed by atoms with van der Waals surface area (Å²) < 4.78 is 55.0. The Kier molecular flexibility index (Phi) is 7.23. The number of imidazole rings is 1. The second-order valence-corrected chi connectivity index (χ2v) is 6.69. The number of benzene rings is 1. The molecule has 0 saturated carbocycles. The Balaban J connectivity index is 2.15. The van der Waals surface area contributed by atoms with E-state index in [1.807, 2.05) is 6.92 Å². The molecule has 2 aromatic rings. The zero-order valence-electron chi connectivity index (χ0n) is 16.5. The lowest BCUT2D eigenvalue weighted by atomic mass is 9.98. The van der Waals surface area contributed by atoms with Gasteiger partial charge in [-0.25, -0.2) is 9.37 Å². The highest BCUT2D eigenvalue weighted by Gasteiger charge is 2.57. The van der Waals surface area contributed by atoms with Crippen molar-refractivity contribution in [2.24, 2.45) is 12.0 Å². The van der Waals surface area contributed by atoms with Gasteiger partial charge < -0.3 is 19.9 Å². The van der Waals surface area contributed by atoms with Gasteiger partial charge in [0.05, 0.1) is 0 Å². The number of aryl methyl sites for hydroxylation is 1. The zero-order valence-corrected chi connectivity index (χ0v) is 16.5. The van der Waals surface area contributed by atoms with Crippen molar-refractivity contribution < 1.29 is 22.7 Å². The number of alkyl halides is 3. The highest BCUT2D eigenvalue weighted by Crippen LogP contribution is 2.40. The summed E-state index contributed by atoms with van der Waals surface area (Å²) >= 11 is 0. The standard InChI is InChI=1S/C19H25F4N5O/c1-4-24-17(28(3)13-14-5-7-15(20)8-6-14)26-10-9-18(29,19(21,22)23)16-25-11-12-27(16)2/h5-8,11-12,29H,4,9-10,13H2,1-3H3,(H,24,26). The summed E-state index contributed by atoms with van der Waals surface area (Å²) in [4.78, 5) is 9.61. The Hall–Kier alpha value is -2.62. The molecule has 1 unspecified atom stereocenters. The molecule has 0 aliphatic rings. The third-order valence-electron chi connectivity index (χ3n) is 4.42. The number of nitrogens with zero attached hydrogens (tertiary/aromatic N) is 4. The van der Waals surface area contributed by atoms with Gasteiger partial charge in [-0.15, -0.1) is 0 Å². The van der Waals surface area contributed by atoms with Crippen LogP contribution in [0.2, 0.25) is 0 Å². The molecule has 0 fully saturated rings. The number of hydrogen-bond donors (Lipinski definition) is 2. The van der Waals surface area contributed by atoms with Gasteiger partial charge in [0.2, 0.25) is 5.60 Å². The topological polar surface area (TPSA) is 65.7 Å². The number of aliphatic imine (C=N–C) groups is 1. The van der Waals surface area contributed by atoms with E-state index < -0.39 is 24.0 Å². The summed E-state index contributed by atoms with van der Waals surface area (Å²) in [6.07, 6.45) is -3.04. The molecular weight excluding hydrogens is 390 g/mol. The number of aliphatic hydroxyl groups is 1. The van der Waals surface area contributed by atoms with Gasteiger partial charge in [-0.2, -0.15) is 13.2 Å². The maximum absolute atomic E-state index is 13.6. The molecule has 0 bridgehead atoms. The van der Waals surface area contributed by atoms with Gasteiger partial charge in [-0.3, -0.25) is 4.99 Å². The minimum Gasteiger partial charge on any atom is -0.374 e. The molecule has 160 valence electrons. The minimum atomic E-state index is -4.90. The van der Waals surface area contributed by atoms with Crippen LogP contribution in [0, 0.1) is 5.82 Å². The van der Waals surface area contributed by atoms with Gasteiger partial charge in [0.15, 0.2) is 5.96 Å². The molecule has 29 heavy (non-hydrogen) atoms. The Morgan fingerprint density at radius 3 is 2.45 bits per heavy atom. The van der Waals surface area contributed by atoms with Crippen LogP contribution in [-0.2, 0) is 19.2 Å². The highest BCUT2D eigenvalue weighted by molar-refractivity contribution is 5.79. The van der Waals surface area contributed by atoms with Crippen molar-refractivity contribution in [3.05, 3.63) is 53.9 Å². The molecule has 1 aromatic heterocycles. The smallest absolute Gasteiger partial charge is 0.374 e. The second kappa shape index (κ2) is 9.25. The van der Waals surface area contributed by atoms with E-state index in [-0.39, 0.29) is 12.4 Å². The zero-order chi connectivity index (χ0) is 21.7. The van der Waals surface area contributed by atoms with E-state index in [0.717, 1.165) is 10.1 Å². The highest BCUT2D eigenvalue weighted by atomic mass is 19.4. The number of aromatic nitrogens is 2. The van der Waals surface area contributed by atoms with Gasteiger partial charge in [0, 0.05) is 52.5 Å². The molecule has 1 atom stereocenters. The molecule has 0 radical (unpaired) electrons. The average molecular weight is 415 g/mol. The Morgan fingerprint density at radius 1 is 1.28 bits per heavy atom. The van der Waals surface area contributed by atoms with Gasteiger partial charge in [-0.05, 0) is 24.6 Å². The van der Waals surface area contributed by atoms with Crippen LogP contribution in [0.25, 0.3) is 0 Å². The quantitative estimate of drug-likeness (QED) is 0.415. The van der Waals surface area contributed by atoms with Crippen LogP contribution in [0.1, 0.15) is 24.7 Å². The lowest BCUT2D eigenvalue weighted by Gasteiger charge is -2.29. The van der Waals surface area contributed by atoms with Gasteiger partial charge in [0.25, 0.3) is 0 Å². The van der Waals surface area contributed by atoms with Crippen LogP contribution in [0.5, 0.6) is 0 Å². The number of nitrogens with one attached hydrogen (secondary N) is 1. The van der Waals surface area contributed by atoms with Crippen molar-refractivity contribution in [1.29, 1.82) is 0 Å². The molecule has 2 rings (SSSR count). The largest absolute Gasteiger partial charge is 0.424 e. The summed E-state index contributed by atoms with van der Waals surface area (Å²) in [5, 5.41) is 13.4. The van der Waals surface area contributed by atoms with Crippen LogP contribution in [0.15, 0.2) is 41.7 Å². The summed E-state index contributed by atoms with van der Waals surface area (Å²) in [6, 6.07) is 5.92. The normalized spacial score (nSPS) is 14.6. The summed E-state index contributed by atoms with van der Waals surface area (Å²) in [5.41, 5.74) is -2.29. The van der Waals surface area contributed by atoms with E-state index in [1.54, 1.807) is 24.1 Å².